The highest BCUT2D eigenvalue weighted by atomic mass is 35.5. The lowest BCUT2D eigenvalue weighted by Gasteiger charge is -2.25. The number of thiophene rings is 1. The Morgan fingerprint density at radius 1 is 1.03 bits per heavy atom. The molecule has 0 atom stereocenters. The van der Waals surface area contributed by atoms with Gasteiger partial charge in [-0.2, -0.15) is 5.26 Å². The molecular weight excluding hydrogens is 528 g/mol. The summed E-state index contributed by atoms with van der Waals surface area (Å²) < 4.78 is 11.4. The van der Waals surface area contributed by atoms with E-state index >= 15 is 0 Å². The molecule has 2 aromatic heterocycles. The second kappa shape index (κ2) is 11.4. The van der Waals surface area contributed by atoms with Crippen molar-refractivity contribution >= 4 is 45.2 Å². The second-order valence-electron chi connectivity index (χ2n) is 9.27. The van der Waals surface area contributed by atoms with Crippen molar-refractivity contribution in [2.24, 2.45) is 0 Å². The van der Waals surface area contributed by atoms with Gasteiger partial charge in [0.1, 0.15) is 17.6 Å². The monoisotopic (exact) mass is 552 g/mol. The Balaban J connectivity index is 1.25. The molecule has 1 N–H and O–H groups in total. The molecule has 0 aliphatic carbocycles. The number of nitriles is 1. The topological polar surface area (TPSA) is 70.4 Å². The zero-order chi connectivity index (χ0) is 26.6. The van der Waals surface area contributed by atoms with Crippen LogP contribution in [0.1, 0.15) is 10.4 Å². The van der Waals surface area contributed by atoms with Gasteiger partial charge in [0.15, 0.2) is 0 Å². The maximum atomic E-state index is 9.80. The third kappa shape index (κ3) is 5.75. The zero-order valence-corrected chi connectivity index (χ0v) is 22.6. The quantitative estimate of drug-likeness (QED) is 0.222. The summed E-state index contributed by atoms with van der Waals surface area (Å²) in [5.41, 5.74) is 4.98. The molecule has 5 aromatic rings. The SMILES string of the molecule is N#Cc1cnc2cc(-c3csc(CN4CCOCC4)c3)ccc2c1Nc1ccc(Oc2ccccc2)c(Cl)c1. The molecule has 0 radical (unpaired) electrons. The Kier molecular flexibility index (Phi) is 7.44. The molecule has 0 bridgehead atoms. The molecule has 6 rings (SSSR count). The molecule has 3 aromatic carbocycles. The minimum atomic E-state index is 0.458. The first-order chi connectivity index (χ1) is 19.2. The molecule has 0 unspecified atom stereocenters. The third-order valence-electron chi connectivity index (χ3n) is 6.63. The number of anilines is 2. The summed E-state index contributed by atoms with van der Waals surface area (Å²) in [5, 5.41) is 16.7. The number of benzene rings is 3. The lowest BCUT2D eigenvalue weighted by atomic mass is 10.0. The fraction of sp³-hybridized carbons (Fsp3) is 0.161. The van der Waals surface area contributed by atoms with Crippen LogP contribution in [0.2, 0.25) is 5.02 Å². The first-order valence-corrected chi connectivity index (χ1v) is 13.9. The van der Waals surface area contributed by atoms with Gasteiger partial charge in [0, 0.05) is 41.8 Å². The number of halogens is 1. The van der Waals surface area contributed by atoms with Gasteiger partial charge in [0.2, 0.25) is 0 Å². The van der Waals surface area contributed by atoms with Crippen molar-refractivity contribution in [2.75, 3.05) is 31.6 Å². The predicted octanol–water partition coefficient (Wildman–Crippen LogP) is 7.86. The standard InChI is InChI=1S/C31H25ClN4O2S/c32-28-16-24(7-9-30(28)38-25-4-2-1-3-5-25)35-31-23(17-33)18-34-29-15-21(6-8-27(29)31)22-14-26(39-20-22)19-36-10-12-37-13-11-36/h1-9,14-16,18,20H,10-13,19H2,(H,34,35). The number of hydrogen-bond acceptors (Lipinski definition) is 7. The summed E-state index contributed by atoms with van der Waals surface area (Å²) in [6.45, 7) is 4.48. The van der Waals surface area contributed by atoms with Gasteiger partial charge in [-0.1, -0.05) is 41.9 Å². The molecule has 3 heterocycles. The Morgan fingerprint density at radius 3 is 2.67 bits per heavy atom. The van der Waals surface area contributed by atoms with E-state index in [1.54, 1.807) is 23.6 Å². The van der Waals surface area contributed by atoms with Gasteiger partial charge in [0.05, 0.1) is 35.0 Å². The number of morpholine rings is 1. The molecule has 1 saturated heterocycles. The van der Waals surface area contributed by atoms with Gasteiger partial charge in [0.25, 0.3) is 0 Å². The highest BCUT2D eigenvalue weighted by Crippen LogP contribution is 2.36. The Bertz CT molecular complexity index is 1660. The molecule has 0 spiro atoms. The van der Waals surface area contributed by atoms with E-state index in [9.17, 15) is 5.26 Å². The van der Waals surface area contributed by atoms with Gasteiger partial charge in [-0.25, -0.2) is 0 Å². The normalized spacial score (nSPS) is 13.7. The minimum Gasteiger partial charge on any atom is -0.456 e. The van der Waals surface area contributed by atoms with Crippen LogP contribution in [0.3, 0.4) is 0 Å². The van der Waals surface area contributed by atoms with Crippen molar-refractivity contribution in [3.05, 3.63) is 99.8 Å². The summed E-state index contributed by atoms with van der Waals surface area (Å²) >= 11 is 8.32. The van der Waals surface area contributed by atoms with Crippen molar-refractivity contribution in [1.29, 1.82) is 5.26 Å². The van der Waals surface area contributed by atoms with E-state index in [2.05, 4.69) is 44.8 Å². The number of rotatable bonds is 7. The van der Waals surface area contributed by atoms with Crippen LogP contribution in [0.15, 0.2) is 84.4 Å². The number of fused-ring (bicyclic) bond motifs is 1. The summed E-state index contributed by atoms with van der Waals surface area (Å²) in [6.07, 6.45) is 1.61. The average Bonchev–Trinajstić information content (AvgIpc) is 3.44. The van der Waals surface area contributed by atoms with Gasteiger partial charge in [-0.05, 0) is 59.0 Å². The van der Waals surface area contributed by atoms with Gasteiger partial charge in [-0.3, -0.25) is 9.88 Å². The van der Waals surface area contributed by atoms with Crippen LogP contribution in [0.5, 0.6) is 11.5 Å². The van der Waals surface area contributed by atoms with Gasteiger partial charge < -0.3 is 14.8 Å². The minimum absolute atomic E-state index is 0.458. The van der Waals surface area contributed by atoms with Crippen LogP contribution in [0.25, 0.3) is 22.0 Å². The van der Waals surface area contributed by atoms with Crippen molar-refractivity contribution in [3.8, 4) is 28.7 Å². The van der Waals surface area contributed by atoms with Crippen LogP contribution in [0.4, 0.5) is 11.4 Å². The van der Waals surface area contributed by atoms with E-state index in [-0.39, 0.29) is 0 Å². The number of para-hydroxylation sites is 1. The lowest BCUT2D eigenvalue weighted by Crippen LogP contribution is -2.35. The molecule has 0 saturated carbocycles. The van der Waals surface area contributed by atoms with Crippen LogP contribution in [0, 0.1) is 11.3 Å². The van der Waals surface area contributed by atoms with E-state index in [4.69, 9.17) is 21.1 Å². The molecule has 1 aliphatic heterocycles. The van der Waals surface area contributed by atoms with Crippen molar-refractivity contribution in [1.82, 2.24) is 9.88 Å². The Morgan fingerprint density at radius 2 is 1.87 bits per heavy atom. The highest BCUT2D eigenvalue weighted by molar-refractivity contribution is 7.10. The molecule has 39 heavy (non-hydrogen) atoms. The van der Waals surface area contributed by atoms with E-state index in [0.29, 0.717) is 27.8 Å². The summed E-state index contributed by atoms with van der Waals surface area (Å²) in [4.78, 5) is 8.35. The smallest absolute Gasteiger partial charge is 0.146 e. The van der Waals surface area contributed by atoms with Crippen LogP contribution in [-0.2, 0) is 11.3 Å². The predicted molar refractivity (Wildman–Crippen MR) is 157 cm³/mol. The number of hydrogen-bond donors (Lipinski definition) is 1. The molecule has 194 valence electrons. The average molecular weight is 553 g/mol. The van der Waals surface area contributed by atoms with E-state index in [1.807, 2.05) is 48.5 Å². The summed E-state index contributed by atoms with van der Waals surface area (Å²) in [6, 6.07) is 25.7. The second-order valence-corrected chi connectivity index (χ2v) is 10.7. The van der Waals surface area contributed by atoms with Crippen LogP contribution >= 0.6 is 22.9 Å². The Labute approximate surface area is 236 Å². The molecule has 0 amide bonds. The van der Waals surface area contributed by atoms with E-state index in [1.165, 1.54) is 10.4 Å². The van der Waals surface area contributed by atoms with E-state index in [0.717, 1.165) is 55.0 Å². The molecule has 1 aliphatic rings. The summed E-state index contributed by atoms with van der Waals surface area (Å²) in [5.74, 6) is 1.27. The molecular formula is C31H25ClN4O2S. The molecule has 8 heteroatoms. The number of nitrogens with zero attached hydrogens (tertiary/aromatic N) is 3. The van der Waals surface area contributed by atoms with Crippen molar-refractivity contribution in [3.63, 3.8) is 0 Å². The summed E-state index contributed by atoms with van der Waals surface area (Å²) in [7, 11) is 0. The van der Waals surface area contributed by atoms with Crippen molar-refractivity contribution < 1.29 is 9.47 Å². The van der Waals surface area contributed by atoms with Gasteiger partial charge >= 0.3 is 0 Å². The number of pyridine rings is 1. The van der Waals surface area contributed by atoms with Crippen LogP contribution in [-0.4, -0.2) is 36.2 Å². The fourth-order valence-corrected chi connectivity index (χ4v) is 5.76. The molecule has 6 nitrogen and oxygen atoms in total. The lowest BCUT2D eigenvalue weighted by molar-refractivity contribution is 0.0346. The maximum absolute atomic E-state index is 9.80. The highest BCUT2D eigenvalue weighted by Gasteiger charge is 2.15. The fourth-order valence-electron chi connectivity index (χ4n) is 4.61. The largest absolute Gasteiger partial charge is 0.456 e. The Hall–Kier alpha value is -3.93. The third-order valence-corrected chi connectivity index (χ3v) is 7.85. The first-order valence-electron chi connectivity index (χ1n) is 12.7. The van der Waals surface area contributed by atoms with E-state index < -0.39 is 0 Å². The number of aromatic nitrogens is 1. The molecule has 1 fully saturated rings. The van der Waals surface area contributed by atoms with Crippen LogP contribution < -0.4 is 10.1 Å². The zero-order valence-electron chi connectivity index (χ0n) is 21.1. The van der Waals surface area contributed by atoms with Crippen molar-refractivity contribution in [2.45, 2.75) is 6.54 Å². The first kappa shape index (κ1) is 25.4. The number of nitrogens with one attached hydrogen (secondary N) is 1. The number of ether oxygens (including phenoxy) is 2. The maximum Gasteiger partial charge on any atom is 0.146 e. The van der Waals surface area contributed by atoms with Gasteiger partial charge in [-0.15, -0.1) is 11.3 Å².